The van der Waals surface area contributed by atoms with Gasteiger partial charge in [0, 0.05) is 37.2 Å². The Hall–Kier alpha value is -1.57. The van der Waals surface area contributed by atoms with E-state index in [9.17, 15) is 4.79 Å². The molecule has 0 saturated carbocycles. The number of carbonyl (C=O) groups is 1. The van der Waals surface area contributed by atoms with Crippen molar-refractivity contribution in [2.45, 2.75) is 25.0 Å². The fourth-order valence-electron chi connectivity index (χ4n) is 2.83. The molecule has 1 aliphatic rings. The Balaban J connectivity index is 1.58. The van der Waals surface area contributed by atoms with Gasteiger partial charge in [-0.15, -0.1) is 10.2 Å². The molecule has 1 fully saturated rings. The number of benzene rings is 1. The van der Waals surface area contributed by atoms with Crippen LogP contribution in [0.2, 0.25) is 5.02 Å². The van der Waals surface area contributed by atoms with Gasteiger partial charge in [0.15, 0.2) is 5.16 Å². The van der Waals surface area contributed by atoms with Crippen LogP contribution >= 0.6 is 23.4 Å². The van der Waals surface area contributed by atoms with Crippen molar-refractivity contribution >= 4 is 29.3 Å². The van der Waals surface area contributed by atoms with Crippen LogP contribution < -0.4 is 0 Å². The summed E-state index contributed by atoms with van der Waals surface area (Å²) >= 11 is 7.46. The van der Waals surface area contributed by atoms with Crippen LogP contribution in [0, 0.1) is 0 Å². The lowest BCUT2D eigenvalue weighted by molar-refractivity contribution is -0.130. The Morgan fingerprint density at radius 2 is 2.04 bits per heavy atom. The van der Waals surface area contributed by atoms with Crippen LogP contribution in [-0.4, -0.2) is 68.4 Å². The van der Waals surface area contributed by atoms with Crippen LogP contribution in [0.4, 0.5) is 0 Å². The van der Waals surface area contributed by atoms with Crippen molar-refractivity contribution in [3.05, 3.63) is 35.6 Å². The minimum atomic E-state index is 0.147. The number of aromatic nitrogens is 3. The zero-order valence-corrected chi connectivity index (χ0v) is 16.0. The number of thioether (sulfide) groups is 1. The van der Waals surface area contributed by atoms with Crippen LogP contribution in [0.15, 0.2) is 35.7 Å². The Kier molecular flexibility index (Phi) is 5.98. The Labute approximate surface area is 157 Å². The van der Waals surface area contributed by atoms with E-state index in [4.69, 9.17) is 11.6 Å². The number of carbonyl (C=O) groups excluding carboxylic acids is 1. The van der Waals surface area contributed by atoms with Gasteiger partial charge in [0.25, 0.3) is 0 Å². The summed E-state index contributed by atoms with van der Waals surface area (Å²) < 4.78 is 1.85. The summed E-state index contributed by atoms with van der Waals surface area (Å²) in [5.74, 6) is 0.509. The normalized spacial score (nSPS) is 15.8. The fraction of sp³-hybridized carbons (Fsp3) is 0.471. The summed E-state index contributed by atoms with van der Waals surface area (Å²) in [5, 5.41) is 9.44. The molecule has 6 nitrogen and oxygen atoms in total. The second-order valence-electron chi connectivity index (χ2n) is 6.26. The SMILES string of the molecule is CC(C)N1CCN(C(=O)CSc2nncn2-c2cccc(Cl)c2)CC1. The zero-order chi connectivity index (χ0) is 17.8. The molecule has 0 atom stereocenters. The van der Waals surface area contributed by atoms with Gasteiger partial charge in [0.2, 0.25) is 5.91 Å². The van der Waals surface area contributed by atoms with Crippen LogP contribution in [-0.2, 0) is 4.79 Å². The number of hydrogen-bond donors (Lipinski definition) is 0. The summed E-state index contributed by atoms with van der Waals surface area (Å²) in [4.78, 5) is 16.8. The lowest BCUT2D eigenvalue weighted by Crippen LogP contribution is -2.51. The van der Waals surface area contributed by atoms with Crippen LogP contribution in [0.3, 0.4) is 0 Å². The summed E-state index contributed by atoms with van der Waals surface area (Å²) in [6.45, 7) is 7.84. The molecule has 0 bridgehead atoms. The lowest BCUT2D eigenvalue weighted by atomic mass is 10.2. The number of rotatable bonds is 5. The first-order valence-corrected chi connectivity index (χ1v) is 9.71. The van der Waals surface area contributed by atoms with E-state index in [1.165, 1.54) is 11.8 Å². The zero-order valence-electron chi connectivity index (χ0n) is 14.4. The number of piperazine rings is 1. The van der Waals surface area contributed by atoms with E-state index in [1.54, 1.807) is 6.33 Å². The molecule has 0 spiro atoms. The van der Waals surface area contributed by atoms with Crippen LogP contribution in [0.5, 0.6) is 0 Å². The van der Waals surface area contributed by atoms with Crippen molar-refractivity contribution in [1.82, 2.24) is 24.6 Å². The van der Waals surface area contributed by atoms with Gasteiger partial charge in [-0.05, 0) is 32.0 Å². The summed E-state index contributed by atoms with van der Waals surface area (Å²) in [7, 11) is 0. The quantitative estimate of drug-likeness (QED) is 0.747. The van der Waals surface area contributed by atoms with E-state index in [-0.39, 0.29) is 5.91 Å². The van der Waals surface area contributed by atoms with Gasteiger partial charge in [-0.1, -0.05) is 29.4 Å². The van der Waals surface area contributed by atoms with Gasteiger partial charge in [-0.25, -0.2) is 0 Å². The maximum absolute atomic E-state index is 12.5. The summed E-state index contributed by atoms with van der Waals surface area (Å²) in [5.41, 5.74) is 0.887. The Morgan fingerprint density at radius 1 is 1.28 bits per heavy atom. The van der Waals surface area contributed by atoms with Gasteiger partial charge >= 0.3 is 0 Å². The molecule has 3 rings (SSSR count). The van der Waals surface area contributed by atoms with Crippen molar-refractivity contribution in [3.63, 3.8) is 0 Å². The van der Waals surface area contributed by atoms with Crippen molar-refractivity contribution in [2.24, 2.45) is 0 Å². The van der Waals surface area contributed by atoms with Crippen molar-refractivity contribution in [1.29, 1.82) is 0 Å². The van der Waals surface area contributed by atoms with Gasteiger partial charge in [-0.2, -0.15) is 0 Å². The van der Waals surface area contributed by atoms with Gasteiger partial charge < -0.3 is 4.90 Å². The standard InChI is InChI=1S/C17H22ClN5OS/c1-13(2)21-6-8-22(9-7-21)16(24)11-25-17-20-19-12-23(17)15-5-3-4-14(18)10-15/h3-5,10,12-13H,6-9,11H2,1-2H3. The molecule has 0 N–H and O–H groups in total. The molecule has 25 heavy (non-hydrogen) atoms. The van der Waals surface area contributed by atoms with E-state index < -0.39 is 0 Å². The van der Waals surface area contributed by atoms with Gasteiger partial charge in [-0.3, -0.25) is 14.3 Å². The van der Waals surface area contributed by atoms with E-state index in [0.717, 1.165) is 31.9 Å². The van der Waals surface area contributed by atoms with Crippen LogP contribution in [0.25, 0.3) is 5.69 Å². The average Bonchev–Trinajstić information content (AvgIpc) is 3.08. The maximum Gasteiger partial charge on any atom is 0.233 e. The lowest BCUT2D eigenvalue weighted by Gasteiger charge is -2.36. The van der Waals surface area contributed by atoms with Crippen LogP contribution in [0.1, 0.15) is 13.8 Å². The smallest absolute Gasteiger partial charge is 0.233 e. The number of halogens is 1. The molecular formula is C17H22ClN5OS. The molecule has 1 aliphatic heterocycles. The topological polar surface area (TPSA) is 54.3 Å². The first kappa shape index (κ1) is 18.2. The highest BCUT2D eigenvalue weighted by Gasteiger charge is 2.22. The second-order valence-corrected chi connectivity index (χ2v) is 7.64. The second kappa shape index (κ2) is 8.21. The van der Waals surface area contributed by atoms with E-state index in [2.05, 4.69) is 28.9 Å². The molecule has 1 aromatic carbocycles. The summed E-state index contributed by atoms with van der Waals surface area (Å²) in [6, 6.07) is 8.02. The molecule has 8 heteroatoms. The molecule has 1 amide bonds. The molecule has 1 saturated heterocycles. The molecule has 0 radical (unpaired) electrons. The molecular weight excluding hydrogens is 358 g/mol. The molecule has 0 aliphatic carbocycles. The maximum atomic E-state index is 12.5. The molecule has 2 heterocycles. The van der Waals surface area contributed by atoms with E-state index >= 15 is 0 Å². The molecule has 134 valence electrons. The summed E-state index contributed by atoms with van der Waals surface area (Å²) in [6.07, 6.45) is 1.64. The Bertz CT molecular complexity index is 727. The fourth-order valence-corrected chi connectivity index (χ4v) is 3.85. The third kappa shape index (κ3) is 4.54. The van der Waals surface area contributed by atoms with Crippen molar-refractivity contribution in [2.75, 3.05) is 31.9 Å². The number of amides is 1. The van der Waals surface area contributed by atoms with E-state index in [1.807, 2.05) is 33.7 Å². The molecule has 2 aromatic rings. The monoisotopic (exact) mass is 379 g/mol. The van der Waals surface area contributed by atoms with Crippen molar-refractivity contribution < 1.29 is 4.79 Å². The molecule has 1 aromatic heterocycles. The minimum absolute atomic E-state index is 0.147. The predicted molar refractivity (Wildman–Crippen MR) is 100 cm³/mol. The first-order chi connectivity index (χ1) is 12.0. The highest BCUT2D eigenvalue weighted by Crippen LogP contribution is 2.22. The number of nitrogens with zero attached hydrogens (tertiary/aromatic N) is 5. The predicted octanol–water partition coefficient (Wildman–Crippen LogP) is 2.57. The van der Waals surface area contributed by atoms with Gasteiger partial charge in [0.1, 0.15) is 6.33 Å². The minimum Gasteiger partial charge on any atom is -0.339 e. The Morgan fingerprint density at radius 3 is 2.72 bits per heavy atom. The first-order valence-electron chi connectivity index (χ1n) is 8.35. The highest BCUT2D eigenvalue weighted by molar-refractivity contribution is 7.99. The largest absolute Gasteiger partial charge is 0.339 e. The van der Waals surface area contributed by atoms with Crippen molar-refractivity contribution in [3.8, 4) is 5.69 Å². The third-order valence-corrected chi connectivity index (χ3v) is 5.49. The van der Waals surface area contributed by atoms with Gasteiger partial charge in [0.05, 0.1) is 11.4 Å². The average molecular weight is 380 g/mol. The molecule has 0 unspecified atom stereocenters. The number of hydrogen-bond acceptors (Lipinski definition) is 5. The third-order valence-electron chi connectivity index (χ3n) is 4.32. The highest BCUT2D eigenvalue weighted by atomic mass is 35.5. The van der Waals surface area contributed by atoms with E-state index in [0.29, 0.717) is 22.0 Å².